The molecule has 0 amide bonds. The number of rotatable bonds is 3. The maximum absolute atomic E-state index is 5.51. The Morgan fingerprint density at radius 1 is 1.22 bits per heavy atom. The van der Waals surface area contributed by atoms with Crippen molar-refractivity contribution >= 4 is 0 Å². The highest BCUT2D eigenvalue weighted by atomic mass is 16.6. The number of nitrogens with zero attached hydrogens (tertiary/aromatic N) is 1. The third kappa shape index (κ3) is 1.99. The van der Waals surface area contributed by atoms with Crippen LogP contribution in [0.25, 0.3) is 11.5 Å². The number of oxazole rings is 1. The third-order valence-corrected chi connectivity index (χ3v) is 2.56. The molecule has 0 N–H and O–H groups in total. The van der Waals surface area contributed by atoms with Crippen LogP contribution in [0.2, 0.25) is 0 Å². The van der Waals surface area contributed by atoms with Gasteiger partial charge in [0.1, 0.15) is 19.4 Å². The van der Waals surface area contributed by atoms with Gasteiger partial charge in [-0.05, 0) is 25.1 Å². The maximum Gasteiger partial charge on any atom is 0.305 e. The number of aromatic nitrogens is 1. The summed E-state index contributed by atoms with van der Waals surface area (Å²) in [7, 11) is 0. The predicted octanol–water partition coefficient (Wildman–Crippen LogP) is 2.51. The first-order valence-electron chi connectivity index (χ1n) is 5.85. The molecule has 0 spiro atoms. The number of benzene rings is 1. The fourth-order valence-corrected chi connectivity index (χ4v) is 1.78. The minimum Gasteiger partial charge on any atom is -0.486 e. The van der Waals surface area contributed by atoms with Gasteiger partial charge in [0.25, 0.3) is 0 Å². The van der Waals surface area contributed by atoms with Crippen LogP contribution in [0, 0.1) is 0 Å². The van der Waals surface area contributed by atoms with E-state index in [1.54, 1.807) is 6.20 Å². The summed E-state index contributed by atoms with van der Waals surface area (Å²) in [6, 6.07) is 5.60. The lowest BCUT2D eigenvalue weighted by molar-refractivity contribution is 0.171. The van der Waals surface area contributed by atoms with Crippen molar-refractivity contribution in [3.63, 3.8) is 0 Å². The van der Waals surface area contributed by atoms with E-state index in [9.17, 15) is 0 Å². The highest BCUT2D eigenvalue weighted by molar-refractivity contribution is 5.60. The Bertz CT molecular complexity index is 550. The van der Waals surface area contributed by atoms with Crippen molar-refractivity contribution < 1.29 is 18.6 Å². The summed E-state index contributed by atoms with van der Waals surface area (Å²) in [6.45, 7) is 3.59. The second kappa shape index (κ2) is 4.60. The van der Waals surface area contributed by atoms with E-state index in [4.69, 9.17) is 18.6 Å². The molecule has 2 aromatic rings. The SMILES string of the molecule is CCOc1cnc(-c2ccc3c(c2)OCCO3)o1. The molecule has 94 valence electrons. The minimum atomic E-state index is 0.419. The first-order chi connectivity index (χ1) is 8.86. The quantitative estimate of drug-likeness (QED) is 0.834. The summed E-state index contributed by atoms with van der Waals surface area (Å²) in [4.78, 5) is 4.17. The lowest BCUT2D eigenvalue weighted by atomic mass is 10.2. The second-order valence-corrected chi connectivity index (χ2v) is 3.78. The number of hydrogen-bond acceptors (Lipinski definition) is 5. The summed E-state index contributed by atoms with van der Waals surface area (Å²) in [5, 5.41) is 0. The molecule has 18 heavy (non-hydrogen) atoms. The van der Waals surface area contributed by atoms with Gasteiger partial charge >= 0.3 is 5.95 Å². The molecule has 0 unspecified atom stereocenters. The van der Waals surface area contributed by atoms with Gasteiger partial charge in [-0.2, -0.15) is 0 Å². The van der Waals surface area contributed by atoms with Crippen LogP contribution in [0.4, 0.5) is 0 Å². The smallest absolute Gasteiger partial charge is 0.305 e. The highest BCUT2D eigenvalue weighted by Crippen LogP contribution is 2.34. The van der Waals surface area contributed by atoms with E-state index in [-0.39, 0.29) is 0 Å². The average molecular weight is 247 g/mol. The molecule has 1 aromatic carbocycles. The van der Waals surface area contributed by atoms with Crippen LogP contribution in [-0.4, -0.2) is 24.8 Å². The second-order valence-electron chi connectivity index (χ2n) is 3.78. The molecule has 2 heterocycles. The van der Waals surface area contributed by atoms with Crippen LogP contribution in [-0.2, 0) is 0 Å². The summed E-state index contributed by atoms with van der Waals surface area (Å²) in [5.74, 6) is 2.40. The van der Waals surface area contributed by atoms with Gasteiger partial charge in [0.05, 0.1) is 6.61 Å². The van der Waals surface area contributed by atoms with Crippen LogP contribution in [0.5, 0.6) is 17.4 Å². The Morgan fingerprint density at radius 2 is 2.06 bits per heavy atom. The lowest BCUT2D eigenvalue weighted by Gasteiger charge is -2.18. The van der Waals surface area contributed by atoms with Crippen molar-refractivity contribution in [3.8, 4) is 28.9 Å². The largest absolute Gasteiger partial charge is 0.486 e. The summed E-state index contributed by atoms with van der Waals surface area (Å²) in [6.07, 6.45) is 1.57. The Kier molecular flexibility index (Phi) is 2.80. The van der Waals surface area contributed by atoms with Gasteiger partial charge in [0.2, 0.25) is 5.89 Å². The van der Waals surface area contributed by atoms with E-state index >= 15 is 0 Å². The van der Waals surface area contributed by atoms with Crippen LogP contribution >= 0.6 is 0 Å². The van der Waals surface area contributed by atoms with Crippen LogP contribution in [0.1, 0.15) is 6.92 Å². The van der Waals surface area contributed by atoms with Crippen molar-refractivity contribution in [2.24, 2.45) is 0 Å². The lowest BCUT2D eigenvalue weighted by Crippen LogP contribution is -2.15. The van der Waals surface area contributed by atoms with Crippen molar-refractivity contribution in [1.29, 1.82) is 0 Å². The molecule has 1 aliphatic heterocycles. The van der Waals surface area contributed by atoms with Crippen LogP contribution < -0.4 is 14.2 Å². The van der Waals surface area contributed by atoms with Gasteiger partial charge in [0, 0.05) is 5.56 Å². The standard InChI is InChI=1S/C13H13NO4/c1-2-15-12-8-14-13(18-12)9-3-4-10-11(7-9)17-6-5-16-10/h3-4,7-8H,2,5-6H2,1H3. The summed E-state index contributed by atoms with van der Waals surface area (Å²) in [5.41, 5.74) is 0.838. The maximum atomic E-state index is 5.51. The number of hydrogen-bond donors (Lipinski definition) is 0. The molecular formula is C13H13NO4. The molecule has 0 aliphatic carbocycles. The van der Waals surface area contributed by atoms with Gasteiger partial charge in [-0.15, -0.1) is 0 Å². The van der Waals surface area contributed by atoms with Gasteiger partial charge in [-0.25, -0.2) is 4.98 Å². The molecule has 5 nitrogen and oxygen atoms in total. The van der Waals surface area contributed by atoms with Crippen molar-refractivity contribution in [2.45, 2.75) is 6.92 Å². The van der Waals surface area contributed by atoms with E-state index in [1.165, 1.54) is 0 Å². The van der Waals surface area contributed by atoms with Crippen molar-refractivity contribution in [3.05, 3.63) is 24.4 Å². The van der Waals surface area contributed by atoms with Crippen LogP contribution in [0.3, 0.4) is 0 Å². The molecular weight excluding hydrogens is 234 g/mol. The third-order valence-electron chi connectivity index (χ3n) is 2.56. The molecule has 0 saturated heterocycles. The van der Waals surface area contributed by atoms with E-state index < -0.39 is 0 Å². The molecule has 1 aromatic heterocycles. The monoisotopic (exact) mass is 247 g/mol. The Labute approximate surface area is 104 Å². The number of fused-ring (bicyclic) bond motifs is 1. The van der Waals surface area contributed by atoms with Gasteiger partial charge in [-0.1, -0.05) is 0 Å². The number of ether oxygens (including phenoxy) is 3. The molecule has 0 atom stereocenters. The normalized spacial score (nSPS) is 13.4. The first-order valence-corrected chi connectivity index (χ1v) is 5.85. The van der Waals surface area contributed by atoms with E-state index in [2.05, 4.69) is 4.98 Å². The van der Waals surface area contributed by atoms with Crippen molar-refractivity contribution in [2.75, 3.05) is 19.8 Å². The zero-order valence-corrected chi connectivity index (χ0v) is 10.0. The van der Waals surface area contributed by atoms with Gasteiger partial charge < -0.3 is 18.6 Å². The summed E-state index contributed by atoms with van der Waals surface area (Å²) >= 11 is 0. The summed E-state index contributed by atoms with van der Waals surface area (Å²) < 4.78 is 21.7. The Hall–Kier alpha value is -2.17. The zero-order chi connectivity index (χ0) is 12.4. The molecule has 0 bridgehead atoms. The van der Waals surface area contributed by atoms with E-state index in [1.807, 2.05) is 25.1 Å². The molecule has 3 rings (SSSR count). The molecule has 0 fully saturated rings. The molecule has 0 radical (unpaired) electrons. The van der Waals surface area contributed by atoms with Crippen molar-refractivity contribution in [1.82, 2.24) is 4.98 Å². The molecule has 0 saturated carbocycles. The minimum absolute atomic E-state index is 0.419. The fraction of sp³-hybridized carbons (Fsp3) is 0.308. The fourth-order valence-electron chi connectivity index (χ4n) is 1.78. The average Bonchev–Trinajstić information content (AvgIpc) is 2.87. The molecule has 1 aliphatic rings. The first kappa shape index (κ1) is 11.0. The topological polar surface area (TPSA) is 53.7 Å². The predicted molar refractivity (Wildman–Crippen MR) is 64.1 cm³/mol. The van der Waals surface area contributed by atoms with E-state index in [0.29, 0.717) is 31.7 Å². The van der Waals surface area contributed by atoms with Gasteiger partial charge in [-0.3, -0.25) is 0 Å². The zero-order valence-electron chi connectivity index (χ0n) is 10.0. The Morgan fingerprint density at radius 3 is 2.89 bits per heavy atom. The van der Waals surface area contributed by atoms with E-state index in [0.717, 1.165) is 17.1 Å². The molecule has 5 heteroatoms. The van der Waals surface area contributed by atoms with Crippen LogP contribution in [0.15, 0.2) is 28.8 Å². The highest BCUT2D eigenvalue weighted by Gasteiger charge is 2.14. The Balaban J connectivity index is 1.91. The van der Waals surface area contributed by atoms with Gasteiger partial charge in [0.15, 0.2) is 11.5 Å².